The lowest BCUT2D eigenvalue weighted by molar-refractivity contribution is -0.121. The van der Waals surface area contributed by atoms with Gasteiger partial charge < -0.3 is 25.4 Å². The first-order valence-corrected chi connectivity index (χ1v) is 18.1. The molecule has 264 valence electrons. The zero-order chi connectivity index (χ0) is 35.3. The molecule has 0 radical (unpaired) electrons. The van der Waals surface area contributed by atoms with Crippen LogP contribution < -0.4 is 25.4 Å². The summed E-state index contributed by atoms with van der Waals surface area (Å²) < 4.78 is 11.5. The molecule has 0 saturated carbocycles. The van der Waals surface area contributed by atoms with Crippen LogP contribution in [0.25, 0.3) is 33.6 Å². The maximum atomic E-state index is 11.9. The number of rotatable bonds is 10. The van der Waals surface area contributed by atoms with Gasteiger partial charge in [-0.05, 0) is 37.3 Å². The smallest absolute Gasteiger partial charge is 0.237 e. The zero-order valence-electron chi connectivity index (χ0n) is 28.5. The number of nitrogens with zero attached hydrogens (tertiary/aromatic N) is 4. The summed E-state index contributed by atoms with van der Waals surface area (Å²) in [5.41, 5.74) is 7.23. The van der Waals surface area contributed by atoms with Crippen LogP contribution >= 0.6 is 23.2 Å². The predicted octanol–water partition coefficient (Wildman–Crippen LogP) is 5.52. The van der Waals surface area contributed by atoms with E-state index < -0.39 is 0 Å². The number of aromatic nitrogens is 3. The second-order valence-corrected chi connectivity index (χ2v) is 14.6. The number of hydrogen-bond acceptors (Lipinski definition) is 9. The van der Waals surface area contributed by atoms with Crippen LogP contribution in [0, 0.1) is 0 Å². The molecular formula is C38H39Cl2N7O4. The van der Waals surface area contributed by atoms with Crippen LogP contribution in [0.4, 0.5) is 0 Å². The first-order chi connectivity index (χ1) is 24.8. The van der Waals surface area contributed by atoms with Crippen LogP contribution in [0.15, 0.2) is 48.7 Å². The Balaban J connectivity index is 1.04. The van der Waals surface area contributed by atoms with E-state index in [1.807, 2.05) is 36.4 Å². The first kappa shape index (κ1) is 33.8. The van der Waals surface area contributed by atoms with Crippen molar-refractivity contribution in [1.82, 2.24) is 35.8 Å². The van der Waals surface area contributed by atoms with Crippen LogP contribution in [0.5, 0.6) is 11.8 Å². The number of methoxy groups -OCH3 is 2. The van der Waals surface area contributed by atoms with Gasteiger partial charge in [0, 0.05) is 78.9 Å². The minimum Gasteiger partial charge on any atom is -0.481 e. The van der Waals surface area contributed by atoms with Gasteiger partial charge in [0.2, 0.25) is 23.6 Å². The Morgan fingerprint density at radius 2 is 1.57 bits per heavy atom. The maximum Gasteiger partial charge on any atom is 0.237 e. The number of halogens is 2. The molecular weight excluding hydrogens is 689 g/mol. The molecule has 2 atom stereocenters. The van der Waals surface area contributed by atoms with E-state index in [9.17, 15) is 9.59 Å². The van der Waals surface area contributed by atoms with Crippen molar-refractivity contribution in [2.45, 2.75) is 62.7 Å². The summed E-state index contributed by atoms with van der Waals surface area (Å²) in [6.07, 6.45) is 6.45. The summed E-state index contributed by atoms with van der Waals surface area (Å²) in [7, 11) is 3.23. The van der Waals surface area contributed by atoms with Crippen LogP contribution in [0.1, 0.15) is 55.0 Å². The molecule has 2 amide bonds. The lowest BCUT2D eigenvalue weighted by Gasteiger charge is -2.50. The van der Waals surface area contributed by atoms with Crippen molar-refractivity contribution in [3.63, 3.8) is 0 Å². The summed E-state index contributed by atoms with van der Waals surface area (Å²) in [5, 5.41) is 10.5. The fourth-order valence-corrected chi connectivity index (χ4v) is 8.73. The van der Waals surface area contributed by atoms with E-state index in [0.717, 1.165) is 66.7 Å². The quantitative estimate of drug-likeness (QED) is 0.193. The first-order valence-electron chi connectivity index (χ1n) is 17.4. The third-order valence-electron chi connectivity index (χ3n) is 10.6. The van der Waals surface area contributed by atoms with Crippen molar-refractivity contribution < 1.29 is 19.1 Å². The van der Waals surface area contributed by atoms with E-state index in [4.69, 9.17) is 42.6 Å². The highest BCUT2D eigenvalue weighted by atomic mass is 35.5. The molecule has 2 aromatic heterocycles. The van der Waals surface area contributed by atoms with Gasteiger partial charge in [-0.2, -0.15) is 0 Å². The number of carbonyl (C=O) groups excluding carboxylic acids is 2. The van der Waals surface area contributed by atoms with E-state index in [1.165, 1.54) is 5.56 Å². The Morgan fingerprint density at radius 1 is 0.882 bits per heavy atom. The number of amides is 2. The number of likely N-dealkylation sites (tertiary alicyclic amines) is 1. The highest BCUT2D eigenvalue weighted by Gasteiger charge is 2.51. The monoisotopic (exact) mass is 727 g/mol. The van der Waals surface area contributed by atoms with Crippen LogP contribution in [-0.2, 0) is 22.6 Å². The zero-order valence-corrected chi connectivity index (χ0v) is 30.0. The van der Waals surface area contributed by atoms with Gasteiger partial charge in [0.25, 0.3) is 0 Å². The Labute approximate surface area is 306 Å². The Bertz CT molecular complexity index is 2040. The summed E-state index contributed by atoms with van der Waals surface area (Å²) in [6, 6.07) is 14.1. The van der Waals surface area contributed by atoms with E-state index in [1.54, 1.807) is 20.4 Å². The SMILES string of the molecule is COc1nc(-c2cccc(-c3cccc(-c4cc5c(c(OC)n4)C(N4CC6(CCC(=O)N6)C4)CC5)c3Cl)c2Cl)cnc1CNC[C@@H]1CCC(=O)N1. The molecule has 4 aliphatic rings. The van der Waals surface area contributed by atoms with E-state index in [0.29, 0.717) is 64.7 Å². The molecule has 4 aromatic rings. The summed E-state index contributed by atoms with van der Waals surface area (Å²) in [5.74, 6) is 1.25. The van der Waals surface area contributed by atoms with Crippen molar-refractivity contribution in [2.24, 2.45) is 0 Å². The van der Waals surface area contributed by atoms with Gasteiger partial charge in [-0.15, -0.1) is 0 Å². The van der Waals surface area contributed by atoms with E-state index >= 15 is 0 Å². The molecule has 0 bridgehead atoms. The third kappa shape index (κ3) is 6.30. The van der Waals surface area contributed by atoms with Gasteiger partial charge in [-0.3, -0.25) is 19.5 Å². The Hall–Kier alpha value is -4.29. The van der Waals surface area contributed by atoms with Gasteiger partial charge in [0.15, 0.2) is 0 Å². The second kappa shape index (κ2) is 13.7. The van der Waals surface area contributed by atoms with Crippen LogP contribution in [0.3, 0.4) is 0 Å². The fraction of sp³-hybridized carbons (Fsp3) is 0.395. The summed E-state index contributed by atoms with van der Waals surface area (Å²) in [4.78, 5) is 40.3. The van der Waals surface area contributed by atoms with Crippen LogP contribution in [-0.4, -0.2) is 77.1 Å². The summed E-state index contributed by atoms with van der Waals surface area (Å²) in [6.45, 7) is 2.79. The number of aryl methyl sites for hydroxylation is 1. The van der Waals surface area contributed by atoms with Gasteiger partial charge in [-0.25, -0.2) is 9.97 Å². The number of hydrogen-bond donors (Lipinski definition) is 3. The number of carbonyl (C=O) groups is 2. The molecule has 1 unspecified atom stereocenters. The van der Waals surface area contributed by atoms with Crippen molar-refractivity contribution in [2.75, 3.05) is 33.9 Å². The number of fused-ring (bicyclic) bond motifs is 1. The molecule has 5 heterocycles. The van der Waals surface area contributed by atoms with Crippen molar-refractivity contribution in [1.29, 1.82) is 0 Å². The van der Waals surface area contributed by atoms with Crippen LogP contribution in [0.2, 0.25) is 10.0 Å². The lowest BCUT2D eigenvalue weighted by Crippen LogP contribution is -2.67. The Morgan fingerprint density at radius 3 is 2.22 bits per heavy atom. The molecule has 3 aliphatic heterocycles. The van der Waals surface area contributed by atoms with E-state index in [2.05, 4.69) is 31.9 Å². The van der Waals surface area contributed by atoms with Gasteiger partial charge in [-0.1, -0.05) is 59.6 Å². The highest BCUT2D eigenvalue weighted by molar-refractivity contribution is 6.39. The summed E-state index contributed by atoms with van der Waals surface area (Å²) >= 11 is 14.3. The molecule has 1 aliphatic carbocycles. The molecule has 13 heteroatoms. The number of pyridine rings is 1. The standard InChI is InChI=1S/C38H39Cl2N7O4/c1-50-36-29(17-41-16-22-10-12-31(48)43-22)42-18-28(45-36)26-8-4-6-24(35(26)40)23-5-3-7-25(34(23)39)27-15-21-9-11-30(33(21)37(44-27)51-2)47-19-38(20-47)14-13-32(49)46-38/h3-8,15,18,22,30,41H,9-14,16-17,19-20H2,1-2H3,(H,43,48)(H,46,49)/t22-,30?/m0/s1. The highest BCUT2D eigenvalue weighted by Crippen LogP contribution is 2.48. The molecule has 2 aromatic carbocycles. The number of benzene rings is 2. The van der Waals surface area contributed by atoms with Gasteiger partial charge in [0.1, 0.15) is 5.69 Å². The lowest BCUT2D eigenvalue weighted by atomic mass is 9.86. The van der Waals surface area contributed by atoms with E-state index in [-0.39, 0.29) is 29.4 Å². The Kier molecular flexibility index (Phi) is 9.08. The van der Waals surface area contributed by atoms with Crippen molar-refractivity contribution in [3.05, 3.63) is 75.5 Å². The van der Waals surface area contributed by atoms with Crippen molar-refractivity contribution in [3.8, 4) is 45.4 Å². The molecule has 3 fully saturated rings. The molecule has 51 heavy (non-hydrogen) atoms. The third-order valence-corrected chi connectivity index (χ3v) is 11.4. The molecule has 8 rings (SSSR count). The average Bonchev–Trinajstić information content (AvgIpc) is 3.85. The molecule has 11 nitrogen and oxygen atoms in total. The van der Waals surface area contributed by atoms with Crippen molar-refractivity contribution >= 4 is 35.0 Å². The average molecular weight is 729 g/mol. The van der Waals surface area contributed by atoms with Gasteiger partial charge in [0.05, 0.1) is 47.4 Å². The number of ether oxygens (including phenoxy) is 2. The minimum atomic E-state index is -0.0801. The molecule has 3 saturated heterocycles. The largest absolute Gasteiger partial charge is 0.481 e. The van der Waals surface area contributed by atoms with Gasteiger partial charge >= 0.3 is 0 Å². The maximum absolute atomic E-state index is 11.9. The minimum absolute atomic E-state index is 0.0801. The number of nitrogens with one attached hydrogen (secondary N) is 3. The fourth-order valence-electron chi connectivity index (χ4n) is 8.09. The second-order valence-electron chi connectivity index (χ2n) is 13.9. The predicted molar refractivity (Wildman–Crippen MR) is 195 cm³/mol. The molecule has 1 spiro atoms. The topological polar surface area (TPSA) is 131 Å². The normalized spacial score (nSPS) is 20.6. The molecule has 3 N–H and O–H groups in total.